The molecule has 0 saturated heterocycles. The quantitative estimate of drug-likeness (QED) is 0.884. The van der Waals surface area contributed by atoms with Crippen LogP contribution in [0.3, 0.4) is 0 Å². The fourth-order valence-corrected chi connectivity index (χ4v) is 2.47. The average molecular weight is 267 g/mol. The van der Waals surface area contributed by atoms with Crippen LogP contribution in [-0.2, 0) is 10.0 Å². The first-order valence-corrected chi connectivity index (χ1v) is 6.46. The molecule has 3 N–H and O–H groups in total. The summed E-state index contributed by atoms with van der Waals surface area (Å²) in [5.74, 6) is -0.449. The third-order valence-electron chi connectivity index (χ3n) is 2.15. The second kappa shape index (κ2) is 4.61. The number of sulfonamides is 1. The number of rotatable bonds is 3. The van der Waals surface area contributed by atoms with Gasteiger partial charge in [0.05, 0.1) is 5.69 Å². The lowest BCUT2D eigenvalue weighted by Crippen LogP contribution is -2.16. The molecule has 0 fully saturated rings. The molecule has 94 valence electrons. The number of nitrogen functional groups attached to an aromatic ring is 1. The molecule has 0 bridgehead atoms. The van der Waals surface area contributed by atoms with E-state index < -0.39 is 15.8 Å². The maximum Gasteiger partial charge on any atom is 0.281 e. The highest BCUT2D eigenvalue weighted by atomic mass is 32.2. The van der Waals surface area contributed by atoms with Crippen LogP contribution in [0.5, 0.6) is 0 Å². The summed E-state index contributed by atoms with van der Waals surface area (Å²) >= 11 is 0. The maximum absolute atomic E-state index is 12.7. The van der Waals surface area contributed by atoms with Crippen molar-refractivity contribution in [3.8, 4) is 0 Å². The molecular weight excluding hydrogens is 257 g/mol. The topological polar surface area (TPSA) is 85.1 Å². The number of anilines is 2. The zero-order valence-corrected chi connectivity index (χ0v) is 9.99. The standard InChI is InChI=1S/C11H10FN3O2S/c12-8-3-5-9(6-4-8)15-18(16,17)11-10(13)2-1-7-14-11/h1-7,15H,13H2. The highest BCUT2D eigenvalue weighted by Crippen LogP contribution is 2.18. The number of aromatic nitrogens is 1. The molecule has 0 unspecified atom stereocenters. The van der Waals surface area contributed by atoms with Crippen molar-refractivity contribution in [1.82, 2.24) is 4.98 Å². The number of pyridine rings is 1. The first-order chi connectivity index (χ1) is 8.49. The van der Waals surface area contributed by atoms with Crippen LogP contribution in [0.15, 0.2) is 47.6 Å². The molecule has 0 saturated carbocycles. The van der Waals surface area contributed by atoms with Crippen molar-refractivity contribution in [2.24, 2.45) is 0 Å². The second-order valence-corrected chi connectivity index (χ2v) is 5.11. The first-order valence-electron chi connectivity index (χ1n) is 4.98. The number of benzene rings is 1. The van der Waals surface area contributed by atoms with E-state index in [1.165, 1.54) is 30.5 Å². The van der Waals surface area contributed by atoms with Crippen LogP contribution in [0.25, 0.3) is 0 Å². The molecule has 0 radical (unpaired) electrons. The molecule has 0 atom stereocenters. The number of hydrogen-bond acceptors (Lipinski definition) is 4. The lowest BCUT2D eigenvalue weighted by Gasteiger charge is -2.08. The summed E-state index contributed by atoms with van der Waals surface area (Å²) in [6.45, 7) is 0. The van der Waals surface area contributed by atoms with E-state index in [4.69, 9.17) is 5.73 Å². The number of nitrogens with zero attached hydrogens (tertiary/aromatic N) is 1. The Balaban J connectivity index is 2.33. The summed E-state index contributed by atoms with van der Waals surface area (Å²) < 4.78 is 38.9. The zero-order chi connectivity index (χ0) is 13.2. The van der Waals surface area contributed by atoms with Gasteiger partial charge in [-0.05, 0) is 36.4 Å². The highest BCUT2D eigenvalue weighted by molar-refractivity contribution is 7.92. The monoisotopic (exact) mass is 267 g/mol. The Morgan fingerprint density at radius 3 is 2.44 bits per heavy atom. The van der Waals surface area contributed by atoms with E-state index in [0.717, 1.165) is 12.1 Å². The minimum absolute atomic E-state index is 0.0483. The van der Waals surface area contributed by atoms with Crippen LogP contribution in [-0.4, -0.2) is 13.4 Å². The van der Waals surface area contributed by atoms with Gasteiger partial charge in [-0.3, -0.25) is 4.72 Å². The van der Waals surface area contributed by atoms with Gasteiger partial charge in [0.1, 0.15) is 5.82 Å². The second-order valence-electron chi connectivity index (χ2n) is 3.51. The summed E-state index contributed by atoms with van der Waals surface area (Å²) in [7, 11) is -3.87. The Labute approximate surface area is 104 Å². The number of nitrogens with one attached hydrogen (secondary N) is 1. The van der Waals surface area contributed by atoms with Crippen molar-refractivity contribution in [3.63, 3.8) is 0 Å². The summed E-state index contributed by atoms with van der Waals surface area (Å²) in [5, 5.41) is -0.255. The molecule has 0 aliphatic heterocycles. The minimum atomic E-state index is -3.87. The predicted octanol–water partition coefficient (Wildman–Crippen LogP) is 1.60. The molecule has 1 heterocycles. The average Bonchev–Trinajstić information content (AvgIpc) is 2.32. The predicted molar refractivity (Wildman–Crippen MR) is 65.9 cm³/mol. The number of nitrogens with two attached hydrogens (primary N) is 1. The van der Waals surface area contributed by atoms with Crippen molar-refractivity contribution >= 4 is 21.4 Å². The van der Waals surface area contributed by atoms with E-state index in [1.54, 1.807) is 0 Å². The maximum atomic E-state index is 12.7. The molecule has 1 aromatic heterocycles. The highest BCUT2D eigenvalue weighted by Gasteiger charge is 2.18. The fourth-order valence-electron chi connectivity index (χ4n) is 1.35. The first kappa shape index (κ1) is 12.3. The molecule has 0 amide bonds. The van der Waals surface area contributed by atoms with E-state index in [1.807, 2.05) is 0 Å². The van der Waals surface area contributed by atoms with Crippen LogP contribution in [0.4, 0.5) is 15.8 Å². The molecule has 0 spiro atoms. The summed E-state index contributed by atoms with van der Waals surface area (Å²) in [4.78, 5) is 3.71. The van der Waals surface area contributed by atoms with Gasteiger partial charge in [0.15, 0.2) is 5.03 Å². The van der Waals surface area contributed by atoms with E-state index >= 15 is 0 Å². The third kappa shape index (κ3) is 2.57. The molecular formula is C11H10FN3O2S. The Morgan fingerprint density at radius 2 is 1.83 bits per heavy atom. The van der Waals surface area contributed by atoms with Crippen LogP contribution in [0.2, 0.25) is 0 Å². The van der Waals surface area contributed by atoms with Crippen molar-refractivity contribution in [2.45, 2.75) is 5.03 Å². The Kier molecular flexibility index (Phi) is 3.15. The normalized spacial score (nSPS) is 11.2. The molecule has 18 heavy (non-hydrogen) atoms. The van der Waals surface area contributed by atoms with Gasteiger partial charge in [-0.1, -0.05) is 0 Å². The smallest absolute Gasteiger partial charge is 0.281 e. The molecule has 1 aromatic carbocycles. The lowest BCUT2D eigenvalue weighted by atomic mass is 10.3. The van der Waals surface area contributed by atoms with Crippen molar-refractivity contribution < 1.29 is 12.8 Å². The van der Waals surface area contributed by atoms with E-state index in [2.05, 4.69) is 9.71 Å². The van der Waals surface area contributed by atoms with Gasteiger partial charge < -0.3 is 5.73 Å². The van der Waals surface area contributed by atoms with Gasteiger partial charge >= 0.3 is 0 Å². The van der Waals surface area contributed by atoms with Crippen LogP contribution < -0.4 is 10.5 Å². The molecule has 2 rings (SSSR count). The van der Waals surface area contributed by atoms with Crippen LogP contribution in [0.1, 0.15) is 0 Å². The van der Waals surface area contributed by atoms with Gasteiger partial charge in [-0.2, -0.15) is 8.42 Å². The van der Waals surface area contributed by atoms with Crippen molar-refractivity contribution in [3.05, 3.63) is 48.4 Å². The minimum Gasteiger partial charge on any atom is -0.396 e. The Hall–Kier alpha value is -2.15. The largest absolute Gasteiger partial charge is 0.396 e. The lowest BCUT2D eigenvalue weighted by molar-refractivity contribution is 0.598. The van der Waals surface area contributed by atoms with Gasteiger partial charge in [-0.15, -0.1) is 0 Å². The summed E-state index contributed by atoms with van der Waals surface area (Å²) in [5.41, 5.74) is 5.83. The molecule has 2 aromatic rings. The summed E-state index contributed by atoms with van der Waals surface area (Å²) in [6.07, 6.45) is 1.33. The van der Waals surface area contributed by atoms with E-state index in [-0.39, 0.29) is 16.4 Å². The van der Waals surface area contributed by atoms with Crippen molar-refractivity contribution in [1.29, 1.82) is 0 Å². The van der Waals surface area contributed by atoms with Gasteiger partial charge in [0.2, 0.25) is 0 Å². The Morgan fingerprint density at radius 1 is 1.17 bits per heavy atom. The van der Waals surface area contributed by atoms with Crippen LogP contribution >= 0.6 is 0 Å². The molecule has 5 nitrogen and oxygen atoms in total. The fraction of sp³-hybridized carbons (Fsp3) is 0. The van der Waals surface area contributed by atoms with Crippen LogP contribution in [0, 0.1) is 5.82 Å². The SMILES string of the molecule is Nc1cccnc1S(=O)(=O)Nc1ccc(F)cc1. The molecule has 7 heteroatoms. The number of halogens is 1. The van der Waals surface area contributed by atoms with E-state index in [0.29, 0.717) is 0 Å². The van der Waals surface area contributed by atoms with Gasteiger partial charge in [-0.25, -0.2) is 9.37 Å². The molecule has 0 aliphatic rings. The van der Waals surface area contributed by atoms with E-state index in [9.17, 15) is 12.8 Å². The third-order valence-corrected chi connectivity index (χ3v) is 3.51. The number of hydrogen-bond donors (Lipinski definition) is 2. The summed E-state index contributed by atoms with van der Waals surface area (Å²) in [6, 6.07) is 7.90. The van der Waals surface area contributed by atoms with Gasteiger partial charge in [0.25, 0.3) is 10.0 Å². The molecule has 0 aliphatic carbocycles. The van der Waals surface area contributed by atoms with Gasteiger partial charge in [0, 0.05) is 11.9 Å². The van der Waals surface area contributed by atoms with Crippen molar-refractivity contribution in [2.75, 3.05) is 10.5 Å². The zero-order valence-electron chi connectivity index (χ0n) is 9.17. The Bertz CT molecular complexity index is 656.